The van der Waals surface area contributed by atoms with Gasteiger partial charge in [0.15, 0.2) is 5.78 Å². The largest absolute Gasteiger partial charge is 0.480 e. The van der Waals surface area contributed by atoms with Crippen molar-refractivity contribution < 1.29 is 14.7 Å². The molecule has 0 aromatic heterocycles. The number of carbonyl (C=O) groups is 2. The first kappa shape index (κ1) is 12.9. The van der Waals surface area contributed by atoms with Gasteiger partial charge in [-0.2, -0.15) is 0 Å². The Bertz CT molecular complexity index is 589. The molecule has 1 aliphatic carbocycles. The minimum absolute atomic E-state index is 0.354. The number of aliphatic carboxylic acids is 1. The summed E-state index contributed by atoms with van der Waals surface area (Å²) in [6.07, 6.45) is 3.07. The maximum Gasteiger partial charge on any atom is 0.319 e. The second-order valence-corrected chi connectivity index (χ2v) is 5.02. The molecule has 1 aromatic rings. The van der Waals surface area contributed by atoms with Crippen LogP contribution in [0.2, 0.25) is 0 Å². The van der Waals surface area contributed by atoms with E-state index in [2.05, 4.69) is 10.2 Å². The van der Waals surface area contributed by atoms with Crippen LogP contribution in [0.1, 0.15) is 17.0 Å². The zero-order valence-corrected chi connectivity index (χ0v) is 11.0. The fraction of sp³-hybridized carbons (Fsp3) is 0.333. The van der Waals surface area contributed by atoms with Crippen molar-refractivity contribution in [3.8, 4) is 0 Å². The van der Waals surface area contributed by atoms with Crippen LogP contribution in [0.4, 0.5) is 5.69 Å². The van der Waals surface area contributed by atoms with Gasteiger partial charge in [0, 0.05) is 37.4 Å². The topological polar surface area (TPSA) is 69.6 Å². The Kier molecular flexibility index (Phi) is 3.28. The van der Waals surface area contributed by atoms with Crippen LogP contribution < -0.4 is 10.2 Å². The van der Waals surface area contributed by atoms with E-state index >= 15 is 0 Å². The number of ketones is 1. The molecule has 0 spiro atoms. The van der Waals surface area contributed by atoms with Crippen LogP contribution in [0.5, 0.6) is 0 Å². The molecule has 5 heteroatoms. The molecule has 104 valence electrons. The molecule has 20 heavy (non-hydrogen) atoms. The van der Waals surface area contributed by atoms with Crippen LogP contribution in [0, 0.1) is 0 Å². The number of piperazine rings is 1. The molecule has 5 nitrogen and oxygen atoms in total. The van der Waals surface area contributed by atoms with Crippen molar-refractivity contribution in [2.45, 2.75) is 5.92 Å². The molecule has 1 fully saturated rings. The molecular formula is C15H16N2O3. The lowest BCUT2D eigenvalue weighted by Gasteiger charge is -2.33. The number of benzene rings is 1. The van der Waals surface area contributed by atoms with Crippen molar-refractivity contribution in [3.63, 3.8) is 0 Å². The summed E-state index contributed by atoms with van der Waals surface area (Å²) in [7, 11) is 0. The Labute approximate surface area is 116 Å². The summed E-state index contributed by atoms with van der Waals surface area (Å²) in [4.78, 5) is 25.6. The van der Waals surface area contributed by atoms with Gasteiger partial charge in [0.2, 0.25) is 0 Å². The first-order valence-corrected chi connectivity index (χ1v) is 6.72. The second kappa shape index (κ2) is 5.09. The van der Waals surface area contributed by atoms with Crippen molar-refractivity contribution in [3.05, 3.63) is 35.4 Å². The van der Waals surface area contributed by atoms with Crippen molar-refractivity contribution in [2.75, 3.05) is 31.1 Å². The van der Waals surface area contributed by atoms with Crippen molar-refractivity contribution >= 4 is 23.5 Å². The highest BCUT2D eigenvalue weighted by molar-refractivity contribution is 6.14. The van der Waals surface area contributed by atoms with E-state index in [1.54, 1.807) is 6.08 Å². The standard InChI is InChI=1S/C15H16N2O3/c18-12-5-4-10-2-1-3-11(13(10)14(12)15(19)20)17-8-6-16-7-9-17/h1-5,14,16H,6-9H2,(H,19,20). The van der Waals surface area contributed by atoms with Gasteiger partial charge in [0.1, 0.15) is 5.92 Å². The summed E-state index contributed by atoms with van der Waals surface area (Å²) in [6, 6.07) is 5.68. The van der Waals surface area contributed by atoms with E-state index < -0.39 is 11.9 Å². The Morgan fingerprint density at radius 3 is 2.70 bits per heavy atom. The quantitative estimate of drug-likeness (QED) is 0.781. The molecule has 1 aliphatic heterocycles. The highest BCUT2D eigenvalue weighted by atomic mass is 16.4. The van der Waals surface area contributed by atoms with Gasteiger partial charge in [-0.05, 0) is 17.7 Å². The smallest absolute Gasteiger partial charge is 0.319 e. The Morgan fingerprint density at radius 1 is 1.25 bits per heavy atom. The number of hydrogen-bond acceptors (Lipinski definition) is 4. The van der Waals surface area contributed by atoms with Crippen LogP contribution >= 0.6 is 0 Å². The average Bonchev–Trinajstić information content (AvgIpc) is 2.47. The average molecular weight is 272 g/mol. The zero-order chi connectivity index (χ0) is 14.1. The van der Waals surface area contributed by atoms with Crippen LogP contribution in [-0.4, -0.2) is 43.0 Å². The van der Waals surface area contributed by atoms with Gasteiger partial charge in [-0.1, -0.05) is 18.2 Å². The van der Waals surface area contributed by atoms with Gasteiger partial charge in [-0.15, -0.1) is 0 Å². The highest BCUT2D eigenvalue weighted by Gasteiger charge is 2.34. The van der Waals surface area contributed by atoms with Crippen molar-refractivity contribution in [1.82, 2.24) is 5.32 Å². The molecular weight excluding hydrogens is 256 g/mol. The Morgan fingerprint density at radius 2 is 2.00 bits per heavy atom. The predicted molar refractivity (Wildman–Crippen MR) is 75.9 cm³/mol. The number of nitrogens with zero attached hydrogens (tertiary/aromatic N) is 1. The molecule has 1 atom stereocenters. The zero-order valence-electron chi connectivity index (χ0n) is 11.0. The lowest BCUT2D eigenvalue weighted by molar-refractivity contribution is -0.141. The summed E-state index contributed by atoms with van der Waals surface area (Å²) in [5.74, 6) is -2.52. The number of rotatable bonds is 2. The summed E-state index contributed by atoms with van der Waals surface area (Å²) < 4.78 is 0. The molecule has 0 saturated carbocycles. The maximum absolute atomic E-state index is 11.9. The minimum Gasteiger partial charge on any atom is -0.480 e. The van der Waals surface area contributed by atoms with Crippen LogP contribution in [-0.2, 0) is 9.59 Å². The Hall–Kier alpha value is -2.14. The Balaban J connectivity index is 2.11. The molecule has 2 aliphatic rings. The number of anilines is 1. The summed E-state index contributed by atoms with van der Waals surface area (Å²) in [6.45, 7) is 3.37. The van der Waals surface area contributed by atoms with E-state index in [9.17, 15) is 14.7 Å². The van der Waals surface area contributed by atoms with E-state index in [-0.39, 0.29) is 5.78 Å². The molecule has 0 amide bonds. The van der Waals surface area contributed by atoms with Crippen molar-refractivity contribution in [1.29, 1.82) is 0 Å². The van der Waals surface area contributed by atoms with E-state index in [0.29, 0.717) is 5.56 Å². The van der Waals surface area contributed by atoms with Crippen LogP contribution in [0.15, 0.2) is 24.3 Å². The monoisotopic (exact) mass is 272 g/mol. The molecule has 0 bridgehead atoms. The van der Waals surface area contributed by atoms with E-state index in [1.807, 2.05) is 18.2 Å². The van der Waals surface area contributed by atoms with E-state index in [1.165, 1.54) is 6.08 Å². The second-order valence-electron chi connectivity index (χ2n) is 5.02. The molecule has 1 saturated heterocycles. The van der Waals surface area contributed by atoms with Gasteiger partial charge in [-0.3, -0.25) is 9.59 Å². The lowest BCUT2D eigenvalue weighted by atomic mass is 9.84. The number of fused-ring (bicyclic) bond motifs is 1. The molecule has 1 unspecified atom stereocenters. The highest BCUT2D eigenvalue weighted by Crippen LogP contribution is 2.36. The number of carboxylic acids is 1. The first-order chi connectivity index (χ1) is 9.68. The minimum atomic E-state index is -1.08. The maximum atomic E-state index is 11.9. The summed E-state index contributed by atoms with van der Waals surface area (Å²) in [5, 5.41) is 12.7. The number of carboxylic acid groups (broad SMARTS) is 1. The third-order valence-corrected chi connectivity index (χ3v) is 3.82. The van der Waals surface area contributed by atoms with Gasteiger partial charge in [0.05, 0.1) is 0 Å². The van der Waals surface area contributed by atoms with Gasteiger partial charge in [0.25, 0.3) is 0 Å². The first-order valence-electron chi connectivity index (χ1n) is 6.72. The van der Waals surface area contributed by atoms with Crippen molar-refractivity contribution in [2.24, 2.45) is 0 Å². The predicted octanol–water partition coefficient (Wildman–Crippen LogP) is 0.860. The lowest BCUT2D eigenvalue weighted by Crippen LogP contribution is -2.44. The molecule has 3 rings (SSSR count). The summed E-state index contributed by atoms with van der Waals surface area (Å²) >= 11 is 0. The number of carbonyl (C=O) groups excluding carboxylic acids is 1. The van der Waals surface area contributed by atoms with Gasteiger partial charge >= 0.3 is 5.97 Å². The molecule has 1 aromatic carbocycles. The van der Waals surface area contributed by atoms with Crippen LogP contribution in [0.25, 0.3) is 6.08 Å². The third-order valence-electron chi connectivity index (χ3n) is 3.82. The fourth-order valence-electron chi connectivity index (χ4n) is 2.87. The fourth-order valence-corrected chi connectivity index (χ4v) is 2.87. The molecule has 0 radical (unpaired) electrons. The number of hydrogen-bond donors (Lipinski definition) is 2. The number of nitrogens with one attached hydrogen (secondary N) is 1. The van der Waals surface area contributed by atoms with Gasteiger partial charge < -0.3 is 15.3 Å². The van der Waals surface area contributed by atoms with E-state index in [4.69, 9.17) is 0 Å². The molecule has 2 N–H and O–H groups in total. The van der Waals surface area contributed by atoms with Crippen LogP contribution in [0.3, 0.4) is 0 Å². The van der Waals surface area contributed by atoms with Gasteiger partial charge in [-0.25, -0.2) is 0 Å². The summed E-state index contributed by atoms with van der Waals surface area (Å²) in [5.41, 5.74) is 2.33. The molecule has 1 heterocycles. The third kappa shape index (κ3) is 2.10. The number of allylic oxidation sites excluding steroid dienone is 1. The normalized spacial score (nSPS) is 21.7. The SMILES string of the molecule is O=C(O)C1C(=O)C=Cc2cccc(N3CCNCC3)c21. The van der Waals surface area contributed by atoms with E-state index in [0.717, 1.165) is 37.4 Å².